The number of para-hydroxylation sites is 2. The minimum Gasteiger partial charge on any atom is -0.363 e. The van der Waals surface area contributed by atoms with Gasteiger partial charge in [-0.3, -0.25) is 4.72 Å². The van der Waals surface area contributed by atoms with Gasteiger partial charge in [0.2, 0.25) is 0 Å². The smallest absolute Gasteiger partial charge is 0.263 e. The lowest BCUT2D eigenvalue weighted by atomic mass is 10.2. The molecule has 3 aromatic carbocycles. The van der Waals surface area contributed by atoms with Gasteiger partial charge >= 0.3 is 0 Å². The zero-order valence-corrected chi connectivity index (χ0v) is 18.6. The molecule has 0 aliphatic heterocycles. The number of hydrogen-bond acceptors (Lipinski definition) is 5. The van der Waals surface area contributed by atoms with Crippen molar-refractivity contribution in [2.75, 3.05) is 10.0 Å². The van der Waals surface area contributed by atoms with Crippen LogP contribution in [0.25, 0.3) is 11.0 Å². The molecule has 0 fully saturated rings. The molecule has 1 heterocycles. The summed E-state index contributed by atoms with van der Waals surface area (Å²) in [5.41, 5.74) is 3.75. The van der Waals surface area contributed by atoms with Crippen molar-refractivity contribution in [3.63, 3.8) is 0 Å². The summed E-state index contributed by atoms with van der Waals surface area (Å²) in [5, 5.41) is 3.85. The van der Waals surface area contributed by atoms with Gasteiger partial charge in [0.25, 0.3) is 10.0 Å². The number of fused-ring (bicyclic) bond motifs is 1. The molecule has 0 atom stereocenters. The summed E-state index contributed by atoms with van der Waals surface area (Å²) in [5.74, 6) is 0.496. The van der Waals surface area contributed by atoms with Gasteiger partial charge in [-0.15, -0.1) is 0 Å². The van der Waals surface area contributed by atoms with Gasteiger partial charge < -0.3 is 5.32 Å². The maximum Gasteiger partial charge on any atom is 0.263 e. The van der Waals surface area contributed by atoms with Gasteiger partial charge in [0.15, 0.2) is 11.6 Å². The number of hydrogen-bond donors (Lipinski definition) is 2. The zero-order valence-electron chi connectivity index (χ0n) is 17.1. The van der Waals surface area contributed by atoms with Crippen molar-refractivity contribution in [3.8, 4) is 0 Å². The van der Waals surface area contributed by atoms with Crippen LogP contribution >= 0.6 is 11.6 Å². The van der Waals surface area contributed by atoms with Crippen LogP contribution < -0.4 is 10.0 Å². The Morgan fingerprint density at radius 1 is 0.871 bits per heavy atom. The van der Waals surface area contributed by atoms with Crippen LogP contribution in [0.15, 0.2) is 71.6 Å². The molecule has 158 valence electrons. The second-order valence-electron chi connectivity index (χ2n) is 7.26. The molecule has 1 aromatic heterocycles. The Kier molecular flexibility index (Phi) is 5.80. The van der Waals surface area contributed by atoms with Crippen molar-refractivity contribution >= 4 is 44.3 Å². The minimum atomic E-state index is -3.86. The summed E-state index contributed by atoms with van der Waals surface area (Å²) >= 11 is 5.95. The summed E-state index contributed by atoms with van der Waals surface area (Å²) in [6, 6.07) is 20.0. The number of anilines is 2. The third-order valence-electron chi connectivity index (χ3n) is 4.81. The predicted molar refractivity (Wildman–Crippen MR) is 125 cm³/mol. The van der Waals surface area contributed by atoms with E-state index < -0.39 is 10.0 Å². The average molecular weight is 453 g/mol. The van der Waals surface area contributed by atoms with Crippen LogP contribution in [0.5, 0.6) is 0 Å². The number of halogens is 1. The first-order valence-electron chi connectivity index (χ1n) is 9.67. The number of benzene rings is 3. The van der Waals surface area contributed by atoms with Gasteiger partial charge in [-0.25, -0.2) is 18.4 Å². The predicted octanol–water partition coefficient (Wildman–Crippen LogP) is 5.31. The molecule has 0 saturated carbocycles. The minimum absolute atomic E-state index is 0.147. The molecule has 0 bridgehead atoms. The maximum atomic E-state index is 13.2. The molecule has 0 radical (unpaired) electrons. The number of sulfonamides is 1. The second-order valence-corrected chi connectivity index (χ2v) is 9.35. The quantitative estimate of drug-likeness (QED) is 0.414. The fourth-order valence-electron chi connectivity index (χ4n) is 3.16. The fraction of sp³-hybridized carbons (Fsp3) is 0.130. The van der Waals surface area contributed by atoms with E-state index in [2.05, 4.69) is 20.0 Å². The van der Waals surface area contributed by atoms with Crippen molar-refractivity contribution in [1.82, 2.24) is 9.97 Å². The third-order valence-corrected chi connectivity index (χ3v) is 6.54. The summed E-state index contributed by atoms with van der Waals surface area (Å²) < 4.78 is 28.9. The molecule has 6 nitrogen and oxygen atoms in total. The molecule has 0 amide bonds. The van der Waals surface area contributed by atoms with E-state index in [9.17, 15) is 8.42 Å². The Morgan fingerprint density at radius 3 is 2.19 bits per heavy atom. The molecule has 4 rings (SSSR count). The lowest BCUT2D eigenvalue weighted by Crippen LogP contribution is -2.17. The maximum absolute atomic E-state index is 13.2. The lowest BCUT2D eigenvalue weighted by molar-refractivity contribution is 0.600. The van der Waals surface area contributed by atoms with Crippen molar-refractivity contribution in [2.24, 2.45) is 0 Å². The van der Waals surface area contributed by atoms with Gasteiger partial charge in [-0.1, -0.05) is 48.0 Å². The van der Waals surface area contributed by atoms with E-state index >= 15 is 0 Å². The molecule has 0 saturated heterocycles. The first-order chi connectivity index (χ1) is 14.8. The number of rotatable bonds is 6. The standard InChI is InChI=1S/C23H21ClN4O2S/c1-15-7-8-16(2)21(13-15)31(29,30)28-23-22(25-14-17-9-11-18(24)12-10-17)26-19-5-3-4-6-20(19)27-23/h3-13H,14H2,1-2H3,(H,25,26)(H,27,28). The fourth-order valence-corrected chi connectivity index (χ4v) is 4.63. The van der Waals surface area contributed by atoms with Gasteiger partial charge in [0.1, 0.15) is 0 Å². The summed E-state index contributed by atoms with van der Waals surface area (Å²) in [7, 11) is -3.86. The molecule has 8 heteroatoms. The monoisotopic (exact) mass is 452 g/mol. The lowest BCUT2D eigenvalue weighted by Gasteiger charge is -2.15. The van der Waals surface area contributed by atoms with Crippen LogP contribution in [-0.4, -0.2) is 18.4 Å². The van der Waals surface area contributed by atoms with Crippen molar-refractivity contribution in [2.45, 2.75) is 25.3 Å². The van der Waals surface area contributed by atoms with E-state index in [0.717, 1.165) is 11.1 Å². The Balaban J connectivity index is 1.72. The van der Waals surface area contributed by atoms with Crippen molar-refractivity contribution in [1.29, 1.82) is 0 Å². The normalized spacial score (nSPS) is 11.5. The van der Waals surface area contributed by atoms with E-state index in [4.69, 9.17) is 11.6 Å². The Hall–Kier alpha value is -3.16. The Labute approximate surface area is 186 Å². The second kappa shape index (κ2) is 8.53. The molecular formula is C23H21ClN4O2S. The molecule has 0 aliphatic carbocycles. The molecule has 31 heavy (non-hydrogen) atoms. The highest BCUT2D eigenvalue weighted by Crippen LogP contribution is 2.26. The number of nitrogens with one attached hydrogen (secondary N) is 2. The molecule has 0 spiro atoms. The Morgan fingerprint density at radius 2 is 1.52 bits per heavy atom. The van der Waals surface area contributed by atoms with E-state index in [0.29, 0.717) is 34.0 Å². The molecule has 0 aliphatic rings. The summed E-state index contributed by atoms with van der Waals surface area (Å²) in [6.07, 6.45) is 0. The first-order valence-corrected chi connectivity index (χ1v) is 11.5. The average Bonchev–Trinajstić information content (AvgIpc) is 2.74. The molecule has 0 unspecified atom stereocenters. The highest BCUT2D eigenvalue weighted by atomic mass is 35.5. The van der Waals surface area contributed by atoms with Crippen molar-refractivity contribution < 1.29 is 8.42 Å². The Bertz CT molecular complexity index is 1360. The van der Waals surface area contributed by atoms with Gasteiger partial charge in [-0.2, -0.15) is 0 Å². The summed E-state index contributed by atoms with van der Waals surface area (Å²) in [6.45, 7) is 4.05. The third kappa shape index (κ3) is 4.78. The van der Waals surface area contributed by atoms with E-state index in [1.807, 2.05) is 43.3 Å². The van der Waals surface area contributed by atoms with E-state index in [-0.39, 0.29) is 10.7 Å². The highest BCUT2D eigenvalue weighted by Gasteiger charge is 2.21. The van der Waals surface area contributed by atoms with Crippen LogP contribution in [0.3, 0.4) is 0 Å². The molecular weight excluding hydrogens is 432 g/mol. The summed E-state index contributed by atoms with van der Waals surface area (Å²) in [4.78, 5) is 9.34. The van der Waals surface area contributed by atoms with Crippen LogP contribution in [0.1, 0.15) is 16.7 Å². The zero-order chi connectivity index (χ0) is 22.0. The number of aromatic nitrogens is 2. The van der Waals surface area contributed by atoms with Crippen LogP contribution in [0.4, 0.5) is 11.6 Å². The van der Waals surface area contributed by atoms with Crippen LogP contribution in [0, 0.1) is 13.8 Å². The highest BCUT2D eigenvalue weighted by molar-refractivity contribution is 7.92. The van der Waals surface area contributed by atoms with Crippen molar-refractivity contribution in [3.05, 3.63) is 88.4 Å². The number of aryl methyl sites for hydroxylation is 2. The van der Waals surface area contributed by atoms with Gasteiger partial charge in [0.05, 0.1) is 15.9 Å². The van der Waals surface area contributed by atoms with Crippen LogP contribution in [0.2, 0.25) is 5.02 Å². The topological polar surface area (TPSA) is 84.0 Å². The van der Waals surface area contributed by atoms with E-state index in [1.54, 1.807) is 37.3 Å². The molecule has 2 N–H and O–H groups in total. The molecule has 4 aromatic rings. The van der Waals surface area contributed by atoms with Gasteiger partial charge in [-0.05, 0) is 60.9 Å². The van der Waals surface area contributed by atoms with Crippen LogP contribution in [-0.2, 0) is 16.6 Å². The first kappa shape index (κ1) is 21.1. The number of nitrogens with zero attached hydrogens (tertiary/aromatic N) is 2. The largest absolute Gasteiger partial charge is 0.363 e. The van der Waals surface area contributed by atoms with Gasteiger partial charge in [0, 0.05) is 11.6 Å². The van der Waals surface area contributed by atoms with E-state index in [1.165, 1.54) is 0 Å². The SMILES string of the molecule is Cc1ccc(C)c(S(=O)(=O)Nc2nc3ccccc3nc2NCc2ccc(Cl)cc2)c1.